The largest absolute Gasteiger partial charge is 0.438 e. The van der Waals surface area contributed by atoms with Gasteiger partial charge >= 0.3 is 0 Å². The van der Waals surface area contributed by atoms with Gasteiger partial charge in [-0.3, -0.25) is 0 Å². The third-order valence-electron chi connectivity index (χ3n) is 2.24. The molecule has 0 radical (unpaired) electrons. The monoisotopic (exact) mass is 236 g/mol. The minimum atomic E-state index is 0.707. The predicted molar refractivity (Wildman–Crippen MR) is 66.6 cm³/mol. The molecule has 0 amide bonds. The number of aromatic nitrogens is 1. The van der Waals surface area contributed by atoms with Crippen LogP contribution < -0.4 is 5.32 Å². The zero-order chi connectivity index (χ0) is 11.4. The zero-order valence-corrected chi connectivity index (χ0v) is 10.4. The maximum atomic E-state index is 5.67. The molecule has 1 N–H and O–H groups in total. The van der Waals surface area contributed by atoms with Gasteiger partial charge in [-0.05, 0) is 32.0 Å². The normalized spacial score (nSPS) is 10.9. The van der Waals surface area contributed by atoms with Crippen molar-refractivity contribution in [3.8, 4) is 10.6 Å². The first-order chi connectivity index (χ1) is 7.79. The lowest BCUT2D eigenvalue weighted by molar-refractivity contribution is 0.478. The molecule has 0 spiro atoms. The lowest BCUT2D eigenvalue weighted by Crippen LogP contribution is -2.13. The van der Waals surface area contributed by atoms with Crippen LogP contribution in [0.15, 0.2) is 22.7 Å². The van der Waals surface area contributed by atoms with E-state index in [1.165, 1.54) is 4.88 Å². The highest BCUT2D eigenvalue weighted by atomic mass is 32.1. The molecular formula is C12H16N2OS. The van der Waals surface area contributed by atoms with Crippen molar-refractivity contribution >= 4 is 11.3 Å². The summed E-state index contributed by atoms with van der Waals surface area (Å²) < 4.78 is 5.67. The molecule has 0 aromatic carbocycles. The summed E-state index contributed by atoms with van der Waals surface area (Å²) in [6, 6.07) is 4.17. The van der Waals surface area contributed by atoms with E-state index in [2.05, 4.69) is 36.3 Å². The molecule has 2 aromatic rings. The first-order valence-electron chi connectivity index (χ1n) is 5.52. The van der Waals surface area contributed by atoms with Crippen LogP contribution in [0.1, 0.15) is 24.1 Å². The summed E-state index contributed by atoms with van der Waals surface area (Å²) in [5.74, 6) is 1.63. The molecule has 2 rings (SSSR count). The van der Waals surface area contributed by atoms with Crippen molar-refractivity contribution in [2.24, 2.45) is 0 Å². The van der Waals surface area contributed by atoms with Gasteiger partial charge in [-0.1, -0.05) is 6.92 Å². The van der Waals surface area contributed by atoms with E-state index in [4.69, 9.17) is 4.42 Å². The van der Waals surface area contributed by atoms with Gasteiger partial charge in [-0.2, -0.15) is 0 Å². The van der Waals surface area contributed by atoms with Crippen LogP contribution in [0.2, 0.25) is 0 Å². The summed E-state index contributed by atoms with van der Waals surface area (Å²) in [5.41, 5.74) is 0. The second kappa shape index (κ2) is 5.27. The maximum absolute atomic E-state index is 5.67. The van der Waals surface area contributed by atoms with E-state index in [0.29, 0.717) is 6.54 Å². The standard InChI is InChI=1S/C12H16N2OS/c1-3-6-13-8-12-14-7-10(15-12)11-5-4-9(2)16-11/h4-5,7,13H,3,6,8H2,1-2H3. The number of nitrogens with one attached hydrogen (secondary N) is 1. The minimum Gasteiger partial charge on any atom is -0.438 e. The molecule has 0 aliphatic carbocycles. The van der Waals surface area contributed by atoms with E-state index >= 15 is 0 Å². The molecule has 0 fully saturated rings. The molecule has 2 aromatic heterocycles. The molecular weight excluding hydrogens is 220 g/mol. The van der Waals surface area contributed by atoms with Gasteiger partial charge in [0.2, 0.25) is 5.89 Å². The van der Waals surface area contributed by atoms with Gasteiger partial charge < -0.3 is 9.73 Å². The van der Waals surface area contributed by atoms with E-state index in [-0.39, 0.29) is 0 Å². The van der Waals surface area contributed by atoms with E-state index in [1.54, 1.807) is 17.5 Å². The maximum Gasteiger partial charge on any atom is 0.208 e. The Morgan fingerprint density at radius 1 is 1.44 bits per heavy atom. The van der Waals surface area contributed by atoms with Crippen LogP contribution in [-0.4, -0.2) is 11.5 Å². The Bertz CT molecular complexity index is 447. The van der Waals surface area contributed by atoms with Crippen molar-refractivity contribution in [1.29, 1.82) is 0 Å². The molecule has 3 nitrogen and oxygen atoms in total. The Hall–Kier alpha value is -1.13. The van der Waals surface area contributed by atoms with Gasteiger partial charge in [0, 0.05) is 4.88 Å². The molecule has 16 heavy (non-hydrogen) atoms. The van der Waals surface area contributed by atoms with Gasteiger partial charge in [-0.15, -0.1) is 11.3 Å². The Labute approximate surface area is 99.5 Å². The summed E-state index contributed by atoms with van der Waals surface area (Å²) >= 11 is 1.73. The molecule has 0 saturated heterocycles. The highest BCUT2D eigenvalue weighted by Crippen LogP contribution is 2.27. The lowest BCUT2D eigenvalue weighted by atomic mass is 10.4. The lowest BCUT2D eigenvalue weighted by Gasteiger charge is -1.97. The average molecular weight is 236 g/mol. The summed E-state index contributed by atoms with van der Waals surface area (Å²) in [7, 11) is 0. The fourth-order valence-corrected chi connectivity index (χ4v) is 2.26. The highest BCUT2D eigenvalue weighted by Gasteiger charge is 2.07. The third kappa shape index (κ3) is 2.71. The van der Waals surface area contributed by atoms with Gasteiger partial charge in [0.25, 0.3) is 0 Å². The van der Waals surface area contributed by atoms with Crippen molar-refractivity contribution in [3.63, 3.8) is 0 Å². The zero-order valence-electron chi connectivity index (χ0n) is 9.62. The Kier molecular flexibility index (Phi) is 3.74. The van der Waals surface area contributed by atoms with Gasteiger partial charge in [0.15, 0.2) is 5.76 Å². The fourth-order valence-electron chi connectivity index (χ4n) is 1.44. The van der Waals surface area contributed by atoms with Gasteiger partial charge in [-0.25, -0.2) is 4.98 Å². The minimum absolute atomic E-state index is 0.707. The van der Waals surface area contributed by atoms with E-state index < -0.39 is 0 Å². The fraction of sp³-hybridized carbons (Fsp3) is 0.417. The number of nitrogens with zero attached hydrogens (tertiary/aromatic N) is 1. The smallest absolute Gasteiger partial charge is 0.208 e. The van der Waals surface area contributed by atoms with Crippen LogP contribution in [-0.2, 0) is 6.54 Å². The molecule has 0 aliphatic rings. The number of oxazole rings is 1. The molecule has 0 unspecified atom stereocenters. The SMILES string of the molecule is CCCNCc1ncc(-c2ccc(C)s2)o1. The van der Waals surface area contributed by atoms with E-state index in [1.807, 2.05) is 0 Å². The molecule has 0 bridgehead atoms. The number of hydrogen-bond donors (Lipinski definition) is 1. The molecule has 0 saturated carbocycles. The first kappa shape index (κ1) is 11.4. The summed E-state index contributed by atoms with van der Waals surface area (Å²) in [5, 5.41) is 3.27. The molecule has 4 heteroatoms. The second-order valence-corrected chi connectivity index (χ2v) is 4.99. The number of rotatable bonds is 5. The van der Waals surface area contributed by atoms with Crippen molar-refractivity contribution in [1.82, 2.24) is 10.3 Å². The molecule has 2 heterocycles. The average Bonchev–Trinajstić information content (AvgIpc) is 2.87. The van der Waals surface area contributed by atoms with Crippen LogP contribution >= 0.6 is 11.3 Å². The topological polar surface area (TPSA) is 38.1 Å². The quantitative estimate of drug-likeness (QED) is 0.810. The van der Waals surface area contributed by atoms with Crippen LogP contribution in [0.4, 0.5) is 0 Å². The molecule has 86 valence electrons. The number of thiophene rings is 1. The summed E-state index contributed by atoms with van der Waals surface area (Å²) in [6.07, 6.45) is 2.92. The van der Waals surface area contributed by atoms with Crippen molar-refractivity contribution in [2.75, 3.05) is 6.54 Å². The first-order valence-corrected chi connectivity index (χ1v) is 6.33. The van der Waals surface area contributed by atoms with Gasteiger partial charge in [0.05, 0.1) is 17.6 Å². The van der Waals surface area contributed by atoms with E-state index in [0.717, 1.165) is 29.5 Å². The number of aryl methyl sites for hydroxylation is 1. The summed E-state index contributed by atoms with van der Waals surface area (Å²) in [4.78, 5) is 6.69. The van der Waals surface area contributed by atoms with Crippen molar-refractivity contribution in [2.45, 2.75) is 26.8 Å². The third-order valence-corrected chi connectivity index (χ3v) is 3.26. The molecule has 0 aliphatic heterocycles. The van der Waals surface area contributed by atoms with Crippen molar-refractivity contribution < 1.29 is 4.42 Å². The Morgan fingerprint density at radius 3 is 3.00 bits per heavy atom. The Morgan fingerprint density at radius 2 is 2.31 bits per heavy atom. The van der Waals surface area contributed by atoms with E-state index in [9.17, 15) is 0 Å². The summed E-state index contributed by atoms with van der Waals surface area (Å²) in [6.45, 7) is 5.94. The Balaban J connectivity index is 2.02. The van der Waals surface area contributed by atoms with Crippen LogP contribution in [0.3, 0.4) is 0 Å². The van der Waals surface area contributed by atoms with Crippen LogP contribution in [0.5, 0.6) is 0 Å². The van der Waals surface area contributed by atoms with Crippen molar-refractivity contribution in [3.05, 3.63) is 29.1 Å². The predicted octanol–water partition coefficient (Wildman–Crippen LogP) is 3.21. The number of hydrogen-bond acceptors (Lipinski definition) is 4. The highest BCUT2D eigenvalue weighted by molar-refractivity contribution is 7.15. The van der Waals surface area contributed by atoms with Gasteiger partial charge in [0.1, 0.15) is 0 Å². The van der Waals surface area contributed by atoms with Crippen LogP contribution in [0.25, 0.3) is 10.6 Å². The second-order valence-electron chi connectivity index (χ2n) is 3.71. The van der Waals surface area contributed by atoms with Crippen LogP contribution in [0, 0.1) is 6.92 Å². The molecule has 0 atom stereocenters.